The van der Waals surface area contributed by atoms with Crippen LogP contribution in [-0.4, -0.2) is 0 Å². The van der Waals surface area contributed by atoms with Crippen molar-refractivity contribution in [2.45, 2.75) is 98.3 Å². The predicted octanol–water partition coefficient (Wildman–Crippen LogP) is 6.59. The van der Waals surface area contributed by atoms with Crippen LogP contribution in [0.4, 0.5) is 0 Å². The average Bonchev–Trinajstić information content (AvgIpc) is 2.31. The Kier molecular flexibility index (Phi) is 12.5. The molecule has 0 bridgehead atoms. The Balaban J connectivity index is 3.41. The van der Waals surface area contributed by atoms with E-state index in [2.05, 4.69) is 27.7 Å². The van der Waals surface area contributed by atoms with E-state index in [9.17, 15) is 0 Å². The van der Waals surface area contributed by atoms with Crippen LogP contribution >= 0.6 is 0 Å². The standard InChI is InChI=1S/C17H36/c1-5-7-9-10-11-12-13-15-17(16(3)4)14-8-6-2/h16-17H,5-15H2,1-4H3. The Bertz CT molecular complexity index is 137. The maximum absolute atomic E-state index is 2.40. The predicted molar refractivity (Wildman–Crippen MR) is 80.5 cm³/mol. The Labute approximate surface area is 111 Å². The fraction of sp³-hybridized carbons (Fsp3) is 1.00. The summed E-state index contributed by atoms with van der Waals surface area (Å²) in [4.78, 5) is 0. The molecule has 0 aliphatic rings. The average molecular weight is 240 g/mol. The van der Waals surface area contributed by atoms with E-state index >= 15 is 0 Å². The highest BCUT2D eigenvalue weighted by Crippen LogP contribution is 2.24. The van der Waals surface area contributed by atoms with E-state index in [4.69, 9.17) is 0 Å². The van der Waals surface area contributed by atoms with Gasteiger partial charge in [-0.15, -0.1) is 0 Å². The molecule has 0 aliphatic heterocycles. The van der Waals surface area contributed by atoms with E-state index in [0.29, 0.717) is 0 Å². The molecule has 0 aromatic rings. The second-order valence-electron chi connectivity index (χ2n) is 6.06. The van der Waals surface area contributed by atoms with Crippen LogP contribution in [0.3, 0.4) is 0 Å². The highest BCUT2D eigenvalue weighted by atomic mass is 14.2. The normalized spacial score (nSPS) is 13.2. The topological polar surface area (TPSA) is 0 Å². The van der Waals surface area contributed by atoms with Gasteiger partial charge in [0.25, 0.3) is 0 Å². The molecule has 0 amide bonds. The van der Waals surface area contributed by atoms with Gasteiger partial charge >= 0.3 is 0 Å². The Morgan fingerprint density at radius 1 is 0.588 bits per heavy atom. The summed E-state index contributed by atoms with van der Waals surface area (Å²) in [5, 5.41) is 0. The fourth-order valence-electron chi connectivity index (χ4n) is 2.64. The largest absolute Gasteiger partial charge is 0.0654 e. The maximum atomic E-state index is 2.40. The lowest BCUT2D eigenvalue weighted by molar-refractivity contribution is 0.316. The molecule has 0 heterocycles. The summed E-state index contributed by atoms with van der Waals surface area (Å²) in [6.07, 6.45) is 15.9. The van der Waals surface area contributed by atoms with Gasteiger partial charge in [0.15, 0.2) is 0 Å². The molecule has 0 spiro atoms. The van der Waals surface area contributed by atoms with Crippen LogP contribution in [0.1, 0.15) is 98.3 Å². The van der Waals surface area contributed by atoms with Crippen molar-refractivity contribution in [2.24, 2.45) is 11.8 Å². The summed E-state index contributed by atoms with van der Waals surface area (Å²) in [7, 11) is 0. The van der Waals surface area contributed by atoms with E-state index in [1.165, 1.54) is 70.6 Å². The first kappa shape index (κ1) is 17.0. The smallest absolute Gasteiger partial charge is 0.0391 e. The van der Waals surface area contributed by atoms with Crippen molar-refractivity contribution in [3.05, 3.63) is 0 Å². The third kappa shape index (κ3) is 10.9. The van der Waals surface area contributed by atoms with Gasteiger partial charge < -0.3 is 0 Å². The van der Waals surface area contributed by atoms with Gasteiger partial charge in [0.05, 0.1) is 0 Å². The van der Waals surface area contributed by atoms with Crippen molar-refractivity contribution in [1.29, 1.82) is 0 Å². The molecule has 0 aromatic heterocycles. The van der Waals surface area contributed by atoms with Crippen molar-refractivity contribution in [1.82, 2.24) is 0 Å². The SMILES string of the molecule is CCCCCCCCCC(CCCC)C(C)C. The minimum atomic E-state index is 0.890. The van der Waals surface area contributed by atoms with E-state index in [0.717, 1.165) is 11.8 Å². The summed E-state index contributed by atoms with van der Waals surface area (Å²) in [5.74, 6) is 1.88. The van der Waals surface area contributed by atoms with Crippen molar-refractivity contribution in [3.8, 4) is 0 Å². The van der Waals surface area contributed by atoms with Gasteiger partial charge in [-0.25, -0.2) is 0 Å². The number of hydrogen-bond acceptors (Lipinski definition) is 0. The van der Waals surface area contributed by atoms with E-state index < -0.39 is 0 Å². The van der Waals surface area contributed by atoms with Gasteiger partial charge in [-0.1, -0.05) is 98.3 Å². The first-order valence-corrected chi connectivity index (χ1v) is 8.22. The molecule has 0 heteroatoms. The lowest BCUT2D eigenvalue weighted by Crippen LogP contribution is -2.08. The Morgan fingerprint density at radius 2 is 1.06 bits per heavy atom. The van der Waals surface area contributed by atoms with E-state index in [-0.39, 0.29) is 0 Å². The molecule has 0 saturated carbocycles. The molecule has 0 radical (unpaired) electrons. The Hall–Kier alpha value is 0. The molecule has 0 aromatic carbocycles. The first-order valence-electron chi connectivity index (χ1n) is 8.22. The summed E-state index contributed by atoms with van der Waals surface area (Å²) in [5.41, 5.74) is 0. The zero-order chi connectivity index (χ0) is 12.9. The number of hydrogen-bond donors (Lipinski definition) is 0. The van der Waals surface area contributed by atoms with Crippen LogP contribution in [0.5, 0.6) is 0 Å². The number of unbranched alkanes of at least 4 members (excludes halogenated alkanes) is 7. The minimum absolute atomic E-state index is 0.890. The second-order valence-corrected chi connectivity index (χ2v) is 6.06. The molecule has 0 N–H and O–H groups in total. The van der Waals surface area contributed by atoms with Crippen LogP contribution < -0.4 is 0 Å². The van der Waals surface area contributed by atoms with Gasteiger partial charge in [-0.05, 0) is 11.8 Å². The molecule has 0 nitrogen and oxygen atoms in total. The fourth-order valence-corrected chi connectivity index (χ4v) is 2.64. The molecule has 1 unspecified atom stereocenters. The summed E-state index contributed by atoms with van der Waals surface area (Å²) < 4.78 is 0. The molecule has 104 valence electrons. The lowest BCUT2D eigenvalue weighted by atomic mass is 9.86. The maximum Gasteiger partial charge on any atom is -0.0391 e. The quantitative estimate of drug-likeness (QED) is 0.338. The molecule has 0 saturated heterocycles. The van der Waals surface area contributed by atoms with Crippen LogP contribution in [0, 0.1) is 11.8 Å². The van der Waals surface area contributed by atoms with E-state index in [1.54, 1.807) is 0 Å². The number of rotatable bonds is 12. The molecule has 0 rings (SSSR count). The Morgan fingerprint density at radius 3 is 1.59 bits per heavy atom. The van der Waals surface area contributed by atoms with Gasteiger partial charge in [-0.2, -0.15) is 0 Å². The van der Waals surface area contributed by atoms with Crippen LogP contribution in [0.15, 0.2) is 0 Å². The minimum Gasteiger partial charge on any atom is -0.0654 e. The highest BCUT2D eigenvalue weighted by molar-refractivity contribution is 4.63. The zero-order valence-electron chi connectivity index (χ0n) is 12.9. The highest BCUT2D eigenvalue weighted by Gasteiger charge is 2.11. The molecule has 0 aliphatic carbocycles. The monoisotopic (exact) mass is 240 g/mol. The molecule has 17 heavy (non-hydrogen) atoms. The molecule has 0 fully saturated rings. The van der Waals surface area contributed by atoms with Gasteiger partial charge in [0.2, 0.25) is 0 Å². The summed E-state index contributed by atoms with van der Waals surface area (Å²) in [6.45, 7) is 9.41. The van der Waals surface area contributed by atoms with Crippen LogP contribution in [0.2, 0.25) is 0 Å². The van der Waals surface area contributed by atoms with Crippen LogP contribution in [-0.2, 0) is 0 Å². The molecular formula is C17H36. The summed E-state index contributed by atoms with van der Waals surface area (Å²) in [6, 6.07) is 0. The van der Waals surface area contributed by atoms with Crippen molar-refractivity contribution in [3.63, 3.8) is 0 Å². The second kappa shape index (κ2) is 12.5. The third-order valence-corrected chi connectivity index (χ3v) is 4.05. The van der Waals surface area contributed by atoms with Gasteiger partial charge in [0.1, 0.15) is 0 Å². The van der Waals surface area contributed by atoms with E-state index in [1.807, 2.05) is 0 Å². The van der Waals surface area contributed by atoms with Gasteiger partial charge in [0, 0.05) is 0 Å². The molecular weight excluding hydrogens is 204 g/mol. The first-order chi connectivity index (χ1) is 8.22. The van der Waals surface area contributed by atoms with Crippen LogP contribution in [0.25, 0.3) is 0 Å². The van der Waals surface area contributed by atoms with Crippen molar-refractivity contribution >= 4 is 0 Å². The van der Waals surface area contributed by atoms with Gasteiger partial charge in [-0.3, -0.25) is 0 Å². The molecule has 1 atom stereocenters. The summed E-state index contributed by atoms with van der Waals surface area (Å²) >= 11 is 0. The van der Waals surface area contributed by atoms with Crippen molar-refractivity contribution < 1.29 is 0 Å². The third-order valence-electron chi connectivity index (χ3n) is 4.05. The lowest BCUT2D eigenvalue weighted by Gasteiger charge is -2.20. The van der Waals surface area contributed by atoms with Crippen molar-refractivity contribution in [2.75, 3.05) is 0 Å². The zero-order valence-corrected chi connectivity index (χ0v) is 12.9.